The molecular formula is C18H17F3N4O3. The van der Waals surface area contributed by atoms with Gasteiger partial charge in [0.05, 0.1) is 5.69 Å². The minimum absolute atomic E-state index is 0.226. The SMILES string of the molecule is CCc1cccc(-n2nnn(C)c2=O)c1COc1ccc(O)cc1C(F)(F)F. The average molecular weight is 394 g/mol. The van der Waals surface area contributed by atoms with Gasteiger partial charge in [-0.2, -0.15) is 22.5 Å². The lowest BCUT2D eigenvalue weighted by Crippen LogP contribution is -2.23. The van der Waals surface area contributed by atoms with Crippen LogP contribution in [0.15, 0.2) is 41.2 Å². The number of benzene rings is 2. The molecule has 0 radical (unpaired) electrons. The van der Waals surface area contributed by atoms with Crippen LogP contribution in [0.5, 0.6) is 11.5 Å². The number of aromatic hydroxyl groups is 1. The molecule has 1 aromatic heterocycles. The van der Waals surface area contributed by atoms with Gasteiger partial charge in [0.25, 0.3) is 0 Å². The number of nitrogens with zero attached hydrogens (tertiary/aromatic N) is 4. The van der Waals surface area contributed by atoms with E-state index in [0.29, 0.717) is 23.7 Å². The normalized spacial score (nSPS) is 11.6. The van der Waals surface area contributed by atoms with Gasteiger partial charge in [-0.15, -0.1) is 0 Å². The molecule has 3 aromatic rings. The van der Waals surface area contributed by atoms with E-state index in [4.69, 9.17) is 4.74 Å². The third-order valence-electron chi connectivity index (χ3n) is 4.22. The Balaban J connectivity index is 2.02. The number of rotatable bonds is 5. The first kappa shape index (κ1) is 19.5. The van der Waals surface area contributed by atoms with Crippen LogP contribution in [-0.2, 0) is 26.3 Å². The van der Waals surface area contributed by atoms with Gasteiger partial charge in [0.15, 0.2) is 0 Å². The Hall–Kier alpha value is -3.30. The fourth-order valence-corrected chi connectivity index (χ4v) is 2.80. The first-order valence-corrected chi connectivity index (χ1v) is 8.35. The molecule has 0 aliphatic rings. The number of ether oxygens (including phenoxy) is 1. The number of phenolic OH excluding ortho intramolecular Hbond substituents is 1. The predicted octanol–water partition coefficient (Wildman–Crippen LogP) is 2.83. The molecule has 0 saturated carbocycles. The van der Waals surface area contributed by atoms with Crippen molar-refractivity contribution in [1.82, 2.24) is 19.8 Å². The summed E-state index contributed by atoms with van der Waals surface area (Å²) in [5.41, 5.74) is 0.121. The third kappa shape index (κ3) is 3.71. The summed E-state index contributed by atoms with van der Waals surface area (Å²) in [6.07, 6.45) is -4.12. The highest BCUT2D eigenvalue weighted by molar-refractivity contribution is 5.46. The molecule has 0 bridgehead atoms. The van der Waals surface area contributed by atoms with Gasteiger partial charge in [-0.3, -0.25) is 0 Å². The van der Waals surface area contributed by atoms with Gasteiger partial charge < -0.3 is 9.84 Å². The van der Waals surface area contributed by atoms with E-state index in [-0.39, 0.29) is 6.61 Å². The highest BCUT2D eigenvalue weighted by Gasteiger charge is 2.35. The molecule has 148 valence electrons. The summed E-state index contributed by atoms with van der Waals surface area (Å²) in [4.78, 5) is 12.2. The van der Waals surface area contributed by atoms with Crippen LogP contribution < -0.4 is 10.4 Å². The van der Waals surface area contributed by atoms with Crippen molar-refractivity contribution in [3.63, 3.8) is 0 Å². The van der Waals surface area contributed by atoms with Crippen molar-refractivity contribution in [2.45, 2.75) is 26.1 Å². The molecule has 2 aromatic carbocycles. The smallest absolute Gasteiger partial charge is 0.420 e. The lowest BCUT2D eigenvalue weighted by molar-refractivity contribution is -0.139. The van der Waals surface area contributed by atoms with Crippen LogP contribution in [0, 0.1) is 0 Å². The number of tetrazole rings is 1. The lowest BCUT2D eigenvalue weighted by atomic mass is 10.0. The van der Waals surface area contributed by atoms with Crippen LogP contribution in [-0.4, -0.2) is 24.9 Å². The number of phenols is 1. The summed E-state index contributed by atoms with van der Waals surface area (Å²) in [6.45, 7) is 1.65. The second-order valence-electron chi connectivity index (χ2n) is 6.03. The Kier molecular flexibility index (Phi) is 5.12. The second-order valence-corrected chi connectivity index (χ2v) is 6.03. The molecule has 0 amide bonds. The van der Waals surface area contributed by atoms with Gasteiger partial charge in [0.1, 0.15) is 23.7 Å². The molecule has 3 rings (SSSR count). The maximum atomic E-state index is 13.2. The number of aryl methyl sites for hydroxylation is 2. The number of halogens is 3. The largest absolute Gasteiger partial charge is 0.508 e. The van der Waals surface area contributed by atoms with E-state index >= 15 is 0 Å². The average Bonchev–Trinajstić information content (AvgIpc) is 2.98. The summed E-state index contributed by atoms with van der Waals surface area (Å²) in [5, 5.41) is 16.8. The molecule has 1 N–H and O–H groups in total. The van der Waals surface area contributed by atoms with Gasteiger partial charge in [0, 0.05) is 12.6 Å². The van der Waals surface area contributed by atoms with Crippen molar-refractivity contribution in [2.24, 2.45) is 7.05 Å². The highest BCUT2D eigenvalue weighted by Crippen LogP contribution is 2.38. The zero-order valence-corrected chi connectivity index (χ0v) is 15.1. The second kappa shape index (κ2) is 7.37. The first-order chi connectivity index (χ1) is 13.2. The maximum absolute atomic E-state index is 13.2. The molecule has 1 heterocycles. The highest BCUT2D eigenvalue weighted by atomic mass is 19.4. The Morgan fingerprint density at radius 2 is 1.93 bits per heavy atom. The Bertz CT molecular complexity index is 1060. The minimum atomic E-state index is -4.69. The van der Waals surface area contributed by atoms with E-state index in [9.17, 15) is 23.1 Å². The molecule has 0 saturated heterocycles. The van der Waals surface area contributed by atoms with Crippen molar-refractivity contribution in [1.29, 1.82) is 0 Å². The minimum Gasteiger partial charge on any atom is -0.508 e. The monoisotopic (exact) mass is 394 g/mol. The van der Waals surface area contributed by atoms with Crippen LogP contribution >= 0.6 is 0 Å². The molecule has 28 heavy (non-hydrogen) atoms. The van der Waals surface area contributed by atoms with Crippen LogP contribution in [0.1, 0.15) is 23.6 Å². The molecule has 0 fully saturated rings. The Labute approximate surface area is 157 Å². The van der Waals surface area contributed by atoms with Crippen molar-refractivity contribution in [2.75, 3.05) is 0 Å². The van der Waals surface area contributed by atoms with E-state index in [1.54, 1.807) is 18.2 Å². The molecule has 10 heteroatoms. The van der Waals surface area contributed by atoms with E-state index in [0.717, 1.165) is 27.1 Å². The van der Waals surface area contributed by atoms with Gasteiger partial charge in [0.2, 0.25) is 0 Å². The summed E-state index contributed by atoms with van der Waals surface area (Å²) in [6, 6.07) is 7.92. The van der Waals surface area contributed by atoms with Crippen LogP contribution in [0.3, 0.4) is 0 Å². The lowest BCUT2D eigenvalue weighted by Gasteiger charge is -2.17. The quantitative estimate of drug-likeness (QED) is 0.720. The first-order valence-electron chi connectivity index (χ1n) is 8.35. The molecule has 0 aliphatic carbocycles. The zero-order chi connectivity index (χ0) is 20.5. The molecule has 0 aliphatic heterocycles. The fraction of sp³-hybridized carbons (Fsp3) is 0.278. The van der Waals surface area contributed by atoms with E-state index in [2.05, 4.69) is 10.4 Å². The number of hydrogen-bond acceptors (Lipinski definition) is 5. The number of aromatic nitrogens is 4. The zero-order valence-electron chi connectivity index (χ0n) is 15.1. The number of alkyl halides is 3. The van der Waals surface area contributed by atoms with Crippen LogP contribution in [0.4, 0.5) is 13.2 Å². The predicted molar refractivity (Wildman–Crippen MR) is 93.4 cm³/mol. The molecular weight excluding hydrogens is 377 g/mol. The van der Waals surface area contributed by atoms with E-state index < -0.39 is 28.9 Å². The summed E-state index contributed by atoms with van der Waals surface area (Å²) >= 11 is 0. The van der Waals surface area contributed by atoms with E-state index in [1.165, 1.54) is 7.05 Å². The maximum Gasteiger partial charge on any atom is 0.420 e. The summed E-state index contributed by atoms with van der Waals surface area (Å²) < 4.78 is 47.3. The van der Waals surface area contributed by atoms with Crippen molar-refractivity contribution < 1.29 is 23.0 Å². The van der Waals surface area contributed by atoms with Crippen molar-refractivity contribution in [3.05, 3.63) is 63.6 Å². The standard InChI is InChI=1S/C18H17F3N4O3/c1-3-11-5-4-6-15(25-17(27)24(2)22-23-25)13(11)10-28-16-8-7-12(26)9-14(16)18(19,20)21/h4-9,26H,3,10H2,1-2H3. The third-order valence-corrected chi connectivity index (χ3v) is 4.22. The fourth-order valence-electron chi connectivity index (χ4n) is 2.80. The van der Waals surface area contributed by atoms with Gasteiger partial charge in [-0.05, 0) is 46.7 Å². The molecule has 0 spiro atoms. The Morgan fingerprint density at radius 3 is 2.54 bits per heavy atom. The van der Waals surface area contributed by atoms with Gasteiger partial charge >= 0.3 is 11.9 Å². The molecule has 0 unspecified atom stereocenters. The van der Waals surface area contributed by atoms with Crippen molar-refractivity contribution in [3.8, 4) is 17.2 Å². The van der Waals surface area contributed by atoms with Gasteiger partial charge in [-0.1, -0.05) is 19.1 Å². The Morgan fingerprint density at radius 1 is 1.18 bits per heavy atom. The molecule has 7 nitrogen and oxygen atoms in total. The van der Waals surface area contributed by atoms with Crippen LogP contribution in [0.25, 0.3) is 5.69 Å². The summed E-state index contributed by atoms with van der Waals surface area (Å²) in [5.74, 6) is -0.936. The molecule has 0 atom stereocenters. The van der Waals surface area contributed by atoms with Gasteiger partial charge in [-0.25, -0.2) is 4.79 Å². The van der Waals surface area contributed by atoms with E-state index in [1.807, 2.05) is 6.92 Å². The summed E-state index contributed by atoms with van der Waals surface area (Å²) in [7, 11) is 1.44. The van der Waals surface area contributed by atoms with Crippen molar-refractivity contribution >= 4 is 0 Å². The number of hydrogen-bond donors (Lipinski definition) is 1. The van der Waals surface area contributed by atoms with Crippen LogP contribution in [0.2, 0.25) is 0 Å². The topological polar surface area (TPSA) is 82.2 Å².